The highest BCUT2D eigenvalue weighted by atomic mass is 32.1. The molecular formula is C48H31N3OS. The van der Waals surface area contributed by atoms with E-state index in [-0.39, 0.29) is 5.41 Å². The largest absolute Gasteiger partial charge is 0.455 e. The Morgan fingerprint density at radius 2 is 1.13 bits per heavy atom. The number of furan rings is 1. The van der Waals surface area contributed by atoms with E-state index in [0.717, 1.165) is 38.6 Å². The quantitative estimate of drug-likeness (QED) is 0.184. The van der Waals surface area contributed by atoms with Gasteiger partial charge in [-0.3, -0.25) is 0 Å². The molecule has 1 aliphatic rings. The van der Waals surface area contributed by atoms with Crippen molar-refractivity contribution in [2.45, 2.75) is 19.3 Å². The van der Waals surface area contributed by atoms with Crippen LogP contribution in [0.2, 0.25) is 0 Å². The van der Waals surface area contributed by atoms with Crippen molar-refractivity contribution in [3.05, 3.63) is 163 Å². The fraction of sp³-hybridized carbons (Fsp3) is 0.0625. The fourth-order valence-corrected chi connectivity index (χ4v) is 9.52. The van der Waals surface area contributed by atoms with Gasteiger partial charge in [0.15, 0.2) is 17.5 Å². The Labute approximate surface area is 310 Å². The number of rotatable bonds is 4. The number of hydrogen-bond donors (Lipinski definition) is 0. The van der Waals surface area contributed by atoms with Gasteiger partial charge < -0.3 is 4.42 Å². The van der Waals surface area contributed by atoms with Crippen LogP contribution in [0.25, 0.3) is 98.5 Å². The van der Waals surface area contributed by atoms with Crippen LogP contribution < -0.4 is 0 Å². The van der Waals surface area contributed by atoms with Crippen LogP contribution in [0.1, 0.15) is 25.0 Å². The molecule has 3 heterocycles. The molecule has 0 radical (unpaired) electrons. The van der Waals surface area contributed by atoms with E-state index in [4.69, 9.17) is 19.4 Å². The summed E-state index contributed by atoms with van der Waals surface area (Å²) in [6.07, 6.45) is 0. The average molecular weight is 698 g/mol. The molecule has 10 aromatic rings. The summed E-state index contributed by atoms with van der Waals surface area (Å²) in [6, 6.07) is 53.6. The SMILES string of the molecule is CC1(C)c2ccccc2-c2ccc(-c3cc(-c4nc(-c5ccccc5)nc(-c5cccc6c5oc5ccccc56)n4)cc4sc5ccccc5c34)cc21. The lowest BCUT2D eigenvalue weighted by atomic mass is 9.81. The second-order valence-electron chi connectivity index (χ2n) is 14.4. The lowest BCUT2D eigenvalue weighted by Crippen LogP contribution is -2.14. The molecule has 0 amide bonds. The molecule has 0 fully saturated rings. The molecule has 7 aromatic carbocycles. The van der Waals surface area contributed by atoms with E-state index in [1.807, 2.05) is 53.8 Å². The smallest absolute Gasteiger partial charge is 0.167 e. The van der Waals surface area contributed by atoms with Gasteiger partial charge in [-0.15, -0.1) is 11.3 Å². The summed E-state index contributed by atoms with van der Waals surface area (Å²) in [4.78, 5) is 15.5. The minimum atomic E-state index is -0.110. The van der Waals surface area contributed by atoms with Crippen molar-refractivity contribution in [2.75, 3.05) is 0 Å². The van der Waals surface area contributed by atoms with E-state index in [9.17, 15) is 0 Å². The van der Waals surface area contributed by atoms with E-state index in [0.29, 0.717) is 17.5 Å². The fourth-order valence-electron chi connectivity index (χ4n) is 8.35. The van der Waals surface area contributed by atoms with Crippen LogP contribution in [0, 0.1) is 0 Å². The molecular weight excluding hydrogens is 667 g/mol. The first-order valence-corrected chi connectivity index (χ1v) is 18.8. The van der Waals surface area contributed by atoms with Gasteiger partial charge in [0.05, 0.1) is 5.56 Å². The summed E-state index contributed by atoms with van der Waals surface area (Å²) in [5.41, 5.74) is 11.9. The maximum absolute atomic E-state index is 6.48. The van der Waals surface area contributed by atoms with Crippen LogP contribution in [-0.2, 0) is 5.41 Å². The van der Waals surface area contributed by atoms with Crippen LogP contribution in [-0.4, -0.2) is 15.0 Å². The standard InChI is InChI=1S/C48H31N3OS/c1-48(2)38-20-9-6-15-31(38)32-24-23-29(26-39(32)48)37-25-30(27-42-43(37)35-17-8-11-22-41(35)53-42)46-49-45(28-13-4-3-5-14-28)50-47(51-46)36-19-12-18-34-33-16-7-10-21-40(33)52-44(34)36/h3-27H,1-2H3. The molecule has 53 heavy (non-hydrogen) atoms. The normalized spacial score (nSPS) is 13.2. The molecule has 0 saturated heterocycles. The van der Waals surface area contributed by atoms with Crippen molar-refractivity contribution >= 4 is 53.4 Å². The van der Waals surface area contributed by atoms with Crippen molar-refractivity contribution < 1.29 is 4.42 Å². The van der Waals surface area contributed by atoms with Gasteiger partial charge in [-0.2, -0.15) is 0 Å². The lowest BCUT2D eigenvalue weighted by molar-refractivity contribution is 0.660. The third kappa shape index (κ3) is 4.57. The van der Waals surface area contributed by atoms with Crippen LogP contribution in [0.5, 0.6) is 0 Å². The molecule has 0 bridgehead atoms. The Bertz CT molecular complexity index is 3100. The summed E-state index contributed by atoms with van der Waals surface area (Å²) in [5.74, 6) is 1.82. The lowest BCUT2D eigenvalue weighted by Gasteiger charge is -2.22. The van der Waals surface area contributed by atoms with Crippen LogP contribution >= 0.6 is 11.3 Å². The zero-order chi connectivity index (χ0) is 35.3. The zero-order valence-corrected chi connectivity index (χ0v) is 29.9. The molecule has 0 spiro atoms. The Morgan fingerprint density at radius 1 is 0.453 bits per heavy atom. The molecule has 3 aromatic heterocycles. The molecule has 0 unspecified atom stereocenters. The molecule has 5 heteroatoms. The highest BCUT2D eigenvalue weighted by Gasteiger charge is 2.35. The van der Waals surface area contributed by atoms with Gasteiger partial charge in [0.1, 0.15) is 11.2 Å². The van der Waals surface area contributed by atoms with Crippen LogP contribution in [0.15, 0.2) is 156 Å². The second kappa shape index (κ2) is 11.3. The summed E-state index contributed by atoms with van der Waals surface area (Å²) in [7, 11) is 0. The first-order valence-electron chi connectivity index (χ1n) is 17.9. The van der Waals surface area contributed by atoms with Crippen molar-refractivity contribution in [3.8, 4) is 56.4 Å². The van der Waals surface area contributed by atoms with Gasteiger partial charge in [0, 0.05) is 47.5 Å². The number of nitrogens with zero attached hydrogens (tertiary/aromatic N) is 3. The maximum atomic E-state index is 6.48. The predicted molar refractivity (Wildman–Crippen MR) is 219 cm³/mol. The first-order chi connectivity index (χ1) is 26.0. The molecule has 0 atom stereocenters. The van der Waals surface area contributed by atoms with Crippen molar-refractivity contribution in [3.63, 3.8) is 0 Å². The maximum Gasteiger partial charge on any atom is 0.167 e. The average Bonchev–Trinajstić information content (AvgIpc) is 3.85. The molecule has 0 aliphatic heterocycles. The third-order valence-electron chi connectivity index (χ3n) is 10.9. The van der Waals surface area contributed by atoms with Gasteiger partial charge in [0.25, 0.3) is 0 Å². The van der Waals surface area contributed by atoms with E-state index < -0.39 is 0 Å². The Hall–Kier alpha value is -6.43. The molecule has 0 saturated carbocycles. The number of para-hydroxylation sites is 2. The molecule has 11 rings (SSSR count). The number of hydrogen-bond acceptors (Lipinski definition) is 5. The Kier molecular flexibility index (Phi) is 6.43. The first kappa shape index (κ1) is 30.2. The molecule has 1 aliphatic carbocycles. The Balaban J connectivity index is 1.17. The van der Waals surface area contributed by atoms with Gasteiger partial charge in [-0.05, 0) is 69.8 Å². The van der Waals surface area contributed by atoms with Gasteiger partial charge >= 0.3 is 0 Å². The minimum Gasteiger partial charge on any atom is -0.455 e. The van der Waals surface area contributed by atoms with E-state index >= 15 is 0 Å². The third-order valence-corrected chi connectivity index (χ3v) is 12.1. The van der Waals surface area contributed by atoms with E-state index in [1.165, 1.54) is 53.6 Å². The number of aromatic nitrogens is 3. The number of benzene rings is 7. The van der Waals surface area contributed by atoms with Crippen LogP contribution in [0.4, 0.5) is 0 Å². The van der Waals surface area contributed by atoms with E-state index in [1.54, 1.807) is 0 Å². The zero-order valence-electron chi connectivity index (χ0n) is 29.1. The summed E-state index contributed by atoms with van der Waals surface area (Å²) in [5, 5.41) is 4.63. The Morgan fingerprint density at radius 3 is 2.02 bits per heavy atom. The van der Waals surface area contributed by atoms with Gasteiger partial charge in [-0.25, -0.2) is 15.0 Å². The van der Waals surface area contributed by atoms with E-state index in [2.05, 4.69) is 123 Å². The monoisotopic (exact) mass is 697 g/mol. The highest BCUT2D eigenvalue weighted by molar-refractivity contribution is 7.26. The molecule has 4 nitrogen and oxygen atoms in total. The second-order valence-corrected chi connectivity index (χ2v) is 15.5. The van der Waals surface area contributed by atoms with Gasteiger partial charge in [0.2, 0.25) is 0 Å². The number of fused-ring (bicyclic) bond motifs is 9. The van der Waals surface area contributed by atoms with Crippen molar-refractivity contribution in [1.82, 2.24) is 15.0 Å². The predicted octanol–water partition coefficient (Wildman–Crippen LogP) is 13.1. The minimum absolute atomic E-state index is 0.110. The summed E-state index contributed by atoms with van der Waals surface area (Å²) < 4.78 is 8.93. The topological polar surface area (TPSA) is 51.8 Å². The number of thiophene rings is 1. The summed E-state index contributed by atoms with van der Waals surface area (Å²) in [6.45, 7) is 4.68. The van der Waals surface area contributed by atoms with Crippen molar-refractivity contribution in [1.29, 1.82) is 0 Å². The molecule has 250 valence electrons. The van der Waals surface area contributed by atoms with Crippen LogP contribution in [0.3, 0.4) is 0 Å². The van der Waals surface area contributed by atoms with Crippen molar-refractivity contribution in [2.24, 2.45) is 0 Å². The highest BCUT2D eigenvalue weighted by Crippen LogP contribution is 2.51. The molecule has 0 N–H and O–H groups in total. The summed E-state index contributed by atoms with van der Waals surface area (Å²) >= 11 is 1.81. The van der Waals surface area contributed by atoms with Gasteiger partial charge in [-0.1, -0.05) is 129 Å².